The number of ether oxygens (including phenoxy) is 2. The molecule has 1 saturated carbocycles. The highest BCUT2D eigenvalue weighted by molar-refractivity contribution is 7.09. The van der Waals surface area contributed by atoms with Gasteiger partial charge in [0.25, 0.3) is 0 Å². The van der Waals surface area contributed by atoms with Crippen molar-refractivity contribution >= 4 is 16.7 Å². The molecule has 4 rings (SSSR count). The molecule has 0 radical (unpaired) electrons. The van der Waals surface area contributed by atoms with E-state index in [1.807, 2.05) is 0 Å². The molecular weight excluding hydrogens is 250 g/mol. The molecular formula is C12H17N3O2S. The molecule has 1 aliphatic carbocycles. The number of morpholine rings is 1. The summed E-state index contributed by atoms with van der Waals surface area (Å²) in [6.07, 6.45) is 3.52. The van der Waals surface area contributed by atoms with Gasteiger partial charge in [0, 0.05) is 37.0 Å². The maximum atomic E-state index is 5.93. The first kappa shape index (κ1) is 11.1. The standard InChI is InChI=1S/C12H17N3O2S/c1-2-9(1)10-13-11(18-14-10)15-4-6-17-12(7-15)3-5-16-8-12/h9H,1-8H2. The molecule has 0 N–H and O–H groups in total. The van der Waals surface area contributed by atoms with Crippen LogP contribution in [0, 0.1) is 0 Å². The van der Waals surface area contributed by atoms with Crippen molar-refractivity contribution in [2.75, 3.05) is 37.8 Å². The fourth-order valence-electron chi connectivity index (χ4n) is 2.70. The van der Waals surface area contributed by atoms with E-state index >= 15 is 0 Å². The van der Waals surface area contributed by atoms with Gasteiger partial charge in [-0.25, -0.2) is 4.98 Å². The van der Waals surface area contributed by atoms with Gasteiger partial charge in [0.2, 0.25) is 5.13 Å². The zero-order valence-electron chi connectivity index (χ0n) is 10.3. The van der Waals surface area contributed by atoms with E-state index < -0.39 is 0 Å². The van der Waals surface area contributed by atoms with Gasteiger partial charge in [-0.3, -0.25) is 0 Å². The average molecular weight is 267 g/mol. The van der Waals surface area contributed by atoms with E-state index in [0.717, 1.165) is 50.3 Å². The van der Waals surface area contributed by atoms with Crippen LogP contribution in [0.25, 0.3) is 0 Å². The Kier molecular flexibility index (Phi) is 2.56. The van der Waals surface area contributed by atoms with Gasteiger partial charge in [-0.05, 0) is 12.8 Å². The summed E-state index contributed by atoms with van der Waals surface area (Å²) in [4.78, 5) is 7.01. The summed E-state index contributed by atoms with van der Waals surface area (Å²) in [5, 5.41) is 1.06. The topological polar surface area (TPSA) is 47.5 Å². The minimum Gasteiger partial charge on any atom is -0.378 e. The Morgan fingerprint density at radius 1 is 1.33 bits per heavy atom. The third-order valence-corrected chi connectivity index (χ3v) is 4.75. The van der Waals surface area contributed by atoms with E-state index in [-0.39, 0.29) is 5.60 Å². The number of nitrogens with zero attached hydrogens (tertiary/aromatic N) is 3. The highest BCUT2D eigenvalue weighted by atomic mass is 32.1. The Hall–Kier alpha value is -0.720. The lowest BCUT2D eigenvalue weighted by Gasteiger charge is -2.39. The minimum atomic E-state index is -0.0936. The molecule has 1 atom stereocenters. The molecule has 6 heteroatoms. The summed E-state index contributed by atoms with van der Waals surface area (Å²) in [5.74, 6) is 1.69. The van der Waals surface area contributed by atoms with Crippen molar-refractivity contribution in [1.29, 1.82) is 0 Å². The minimum absolute atomic E-state index is 0.0936. The average Bonchev–Trinajstić information content (AvgIpc) is 2.96. The van der Waals surface area contributed by atoms with Crippen LogP contribution < -0.4 is 4.90 Å². The third-order valence-electron chi connectivity index (χ3n) is 3.96. The molecule has 18 heavy (non-hydrogen) atoms. The Balaban J connectivity index is 1.52. The van der Waals surface area contributed by atoms with E-state index in [4.69, 9.17) is 9.47 Å². The molecule has 0 bridgehead atoms. The van der Waals surface area contributed by atoms with Crippen LogP contribution in [0.1, 0.15) is 31.0 Å². The van der Waals surface area contributed by atoms with E-state index in [2.05, 4.69) is 14.3 Å². The first-order valence-electron chi connectivity index (χ1n) is 6.65. The lowest BCUT2D eigenvalue weighted by molar-refractivity contribution is -0.0579. The van der Waals surface area contributed by atoms with Crippen molar-refractivity contribution < 1.29 is 9.47 Å². The van der Waals surface area contributed by atoms with E-state index in [1.165, 1.54) is 24.4 Å². The zero-order chi connectivity index (χ0) is 12.0. The van der Waals surface area contributed by atoms with Crippen molar-refractivity contribution in [2.45, 2.75) is 30.8 Å². The van der Waals surface area contributed by atoms with Crippen LogP contribution >= 0.6 is 11.5 Å². The van der Waals surface area contributed by atoms with Gasteiger partial charge in [0.1, 0.15) is 11.4 Å². The Bertz CT molecular complexity index is 440. The summed E-state index contributed by atoms with van der Waals surface area (Å²) in [6, 6.07) is 0. The summed E-state index contributed by atoms with van der Waals surface area (Å²) in [5.41, 5.74) is -0.0936. The zero-order valence-corrected chi connectivity index (χ0v) is 11.1. The molecule has 0 aromatic carbocycles. The van der Waals surface area contributed by atoms with Crippen LogP contribution in [0.2, 0.25) is 0 Å². The van der Waals surface area contributed by atoms with Gasteiger partial charge in [-0.1, -0.05) is 0 Å². The van der Waals surface area contributed by atoms with Gasteiger partial charge in [0.05, 0.1) is 19.8 Å². The van der Waals surface area contributed by atoms with Crippen LogP contribution in [0.5, 0.6) is 0 Å². The molecule has 2 aliphatic heterocycles. The SMILES string of the molecule is C1CC2(CO1)CN(c1nc(C3CC3)ns1)CCO2. The Labute approximate surface area is 110 Å². The predicted octanol–water partition coefficient (Wildman–Crippen LogP) is 1.41. The smallest absolute Gasteiger partial charge is 0.205 e. The van der Waals surface area contributed by atoms with E-state index in [1.54, 1.807) is 0 Å². The molecule has 1 unspecified atom stereocenters. The predicted molar refractivity (Wildman–Crippen MR) is 68.2 cm³/mol. The Morgan fingerprint density at radius 3 is 3.06 bits per heavy atom. The number of anilines is 1. The molecule has 1 aromatic rings. The highest BCUT2D eigenvalue weighted by Crippen LogP contribution is 2.40. The van der Waals surface area contributed by atoms with E-state index in [9.17, 15) is 0 Å². The molecule has 2 saturated heterocycles. The second-order valence-electron chi connectivity index (χ2n) is 5.47. The van der Waals surface area contributed by atoms with Crippen molar-refractivity contribution in [3.8, 4) is 0 Å². The van der Waals surface area contributed by atoms with Gasteiger partial charge in [0.15, 0.2) is 0 Å². The van der Waals surface area contributed by atoms with Crippen molar-refractivity contribution in [3.63, 3.8) is 0 Å². The Morgan fingerprint density at radius 2 is 2.28 bits per heavy atom. The van der Waals surface area contributed by atoms with Crippen LogP contribution in [-0.4, -0.2) is 47.9 Å². The number of hydrogen-bond acceptors (Lipinski definition) is 6. The summed E-state index contributed by atoms with van der Waals surface area (Å²) in [7, 11) is 0. The molecule has 5 nitrogen and oxygen atoms in total. The maximum Gasteiger partial charge on any atom is 0.205 e. The fourth-order valence-corrected chi connectivity index (χ4v) is 3.47. The molecule has 3 fully saturated rings. The molecule has 98 valence electrons. The van der Waals surface area contributed by atoms with Gasteiger partial charge in [-0.15, -0.1) is 0 Å². The van der Waals surface area contributed by atoms with Gasteiger partial charge >= 0.3 is 0 Å². The largest absolute Gasteiger partial charge is 0.378 e. The van der Waals surface area contributed by atoms with Crippen molar-refractivity contribution in [2.24, 2.45) is 0 Å². The summed E-state index contributed by atoms with van der Waals surface area (Å²) in [6.45, 7) is 4.12. The van der Waals surface area contributed by atoms with Crippen molar-refractivity contribution in [1.82, 2.24) is 9.36 Å². The maximum absolute atomic E-state index is 5.93. The normalized spacial score (nSPS) is 32.3. The summed E-state index contributed by atoms with van der Waals surface area (Å²) < 4.78 is 15.9. The first-order chi connectivity index (χ1) is 8.85. The molecule has 1 spiro atoms. The lowest BCUT2D eigenvalue weighted by atomic mass is 10.0. The number of aromatic nitrogens is 2. The molecule has 0 amide bonds. The van der Waals surface area contributed by atoms with Gasteiger partial charge in [-0.2, -0.15) is 4.37 Å². The van der Waals surface area contributed by atoms with Crippen molar-refractivity contribution in [3.05, 3.63) is 5.82 Å². The molecule has 3 heterocycles. The summed E-state index contributed by atoms with van der Waals surface area (Å²) >= 11 is 1.53. The van der Waals surface area contributed by atoms with E-state index in [0.29, 0.717) is 5.92 Å². The van der Waals surface area contributed by atoms with Crippen LogP contribution in [-0.2, 0) is 9.47 Å². The number of hydrogen-bond donors (Lipinski definition) is 0. The fraction of sp³-hybridized carbons (Fsp3) is 0.833. The second kappa shape index (κ2) is 4.15. The first-order valence-corrected chi connectivity index (χ1v) is 7.42. The second-order valence-corrected chi connectivity index (χ2v) is 6.20. The number of rotatable bonds is 2. The van der Waals surface area contributed by atoms with Crippen LogP contribution in [0.15, 0.2) is 0 Å². The highest BCUT2D eigenvalue weighted by Gasteiger charge is 2.41. The van der Waals surface area contributed by atoms with Crippen LogP contribution in [0.3, 0.4) is 0 Å². The molecule has 3 aliphatic rings. The van der Waals surface area contributed by atoms with Crippen LogP contribution in [0.4, 0.5) is 5.13 Å². The third kappa shape index (κ3) is 1.92. The lowest BCUT2D eigenvalue weighted by Crippen LogP contribution is -2.52. The van der Waals surface area contributed by atoms with Gasteiger partial charge < -0.3 is 14.4 Å². The molecule has 1 aromatic heterocycles. The monoisotopic (exact) mass is 267 g/mol. The quantitative estimate of drug-likeness (QED) is 0.811.